The number of nitrogens with two attached hydrogens (primary N) is 1. The van der Waals surface area contributed by atoms with Crippen molar-refractivity contribution in [3.8, 4) is 0 Å². The molecule has 0 unspecified atom stereocenters. The summed E-state index contributed by atoms with van der Waals surface area (Å²) >= 11 is 0. The van der Waals surface area contributed by atoms with Crippen LogP contribution in [0.4, 0.5) is 5.69 Å². The number of carbonyl (C=O) groups excluding carboxylic acids is 2. The summed E-state index contributed by atoms with van der Waals surface area (Å²) in [6, 6.07) is 7.23. The van der Waals surface area contributed by atoms with Gasteiger partial charge in [0.15, 0.2) is 0 Å². The van der Waals surface area contributed by atoms with Crippen molar-refractivity contribution in [2.45, 2.75) is 13.8 Å². The van der Waals surface area contributed by atoms with Crippen LogP contribution < -0.4 is 16.4 Å². The molecule has 0 atom stereocenters. The van der Waals surface area contributed by atoms with Crippen molar-refractivity contribution in [3.05, 3.63) is 35.9 Å². The molecular formula is C15H21N3O2. The van der Waals surface area contributed by atoms with Crippen molar-refractivity contribution in [1.29, 1.82) is 0 Å². The SMILES string of the molecule is CNC(=O)C(C)(C)CNC(=O)/C=C/c1cccc(N)c1. The minimum absolute atomic E-state index is 0.113. The van der Waals surface area contributed by atoms with Gasteiger partial charge < -0.3 is 16.4 Å². The smallest absolute Gasteiger partial charge is 0.244 e. The number of amides is 2. The van der Waals surface area contributed by atoms with Crippen molar-refractivity contribution < 1.29 is 9.59 Å². The molecule has 0 spiro atoms. The van der Waals surface area contributed by atoms with Crippen LogP contribution in [-0.4, -0.2) is 25.4 Å². The predicted molar refractivity (Wildman–Crippen MR) is 80.7 cm³/mol. The molecule has 0 aromatic heterocycles. The molecule has 2 amide bonds. The van der Waals surface area contributed by atoms with Gasteiger partial charge in [0.2, 0.25) is 11.8 Å². The van der Waals surface area contributed by atoms with Gasteiger partial charge in [0.25, 0.3) is 0 Å². The van der Waals surface area contributed by atoms with Gasteiger partial charge in [0.05, 0.1) is 5.41 Å². The number of rotatable bonds is 5. The molecule has 0 aliphatic carbocycles. The number of hydrogen-bond donors (Lipinski definition) is 3. The van der Waals surface area contributed by atoms with Gasteiger partial charge in [-0.2, -0.15) is 0 Å². The summed E-state index contributed by atoms with van der Waals surface area (Å²) in [4.78, 5) is 23.3. The minimum Gasteiger partial charge on any atom is -0.399 e. The Balaban J connectivity index is 2.54. The normalized spacial score (nSPS) is 11.3. The lowest BCUT2D eigenvalue weighted by molar-refractivity contribution is -0.129. The van der Waals surface area contributed by atoms with Crippen molar-refractivity contribution in [1.82, 2.24) is 10.6 Å². The highest BCUT2D eigenvalue weighted by molar-refractivity contribution is 5.92. The maximum absolute atomic E-state index is 11.7. The third-order valence-corrected chi connectivity index (χ3v) is 2.88. The Bertz CT molecular complexity index is 522. The van der Waals surface area contributed by atoms with E-state index in [2.05, 4.69) is 10.6 Å². The number of nitrogen functional groups attached to an aromatic ring is 1. The molecule has 5 heteroatoms. The first-order chi connectivity index (χ1) is 9.35. The fourth-order valence-corrected chi connectivity index (χ4v) is 1.62. The predicted octanol–water partition coefficient (Wildman–Crippen LogP) is 1.17. The van der Waals surface area contributed by atoms with Gasteiger partial charge in [-0.05, 0) is 37.6 Å². The highest BCUT2D eigenvalue weighted by Crippen LogP contribution is 2.13. The second-order valence-electron chi connectivity index (χ2n) is 5.18. The first-order valence-corrected chi connectivity index (χ1v) is 6.39. The number of anilines is 1. The summed E-state index contributed by atoms with van der Waals surface area (Å²) < 4.78 is 0. The van der Waals surface area contributed by atoms with Gasteiger partial charge in [-0.3, -0.25) is 9.59 Å². The molecule has 5 nitrogen and oxygen atoms in total. The van der Waals surface area contributed by atoms with Crippen LogP contribution in [-0.2, 0) is 9.59 Å². The highest BCUT2D eigenvalue weighted by Gasteiger charge is 2.26. The Morgan fingerprint density at radius 2 is 2.05 bits per heavy atom. The number of nitrogens with one attached hydrogen (secondary N) is 2. The monoisotopic (exact) mass is 275 g/mol. The fraction of sp³-hybridized carbons (Fsp3) is 0.333. The summed E-state index contributed by atoms with van der Waals surface area (Å²) in [6.07, 6.45) is 3.10. The van der Waals surface area contributed by atoms with E-state index in [-0.39, 0.29) is 18.4 Å². The molecule has 0 fully saturated rings. The van der Waals surface area contributed by atoms with Gasteiger partial charge in [-0.25, -0.2) is 0 Å². The molecule has 0 heterocycles. The first kappa shape index (κ1) is 15.8. The number of hydrogen-bond acceptors (Lipinski definition) is 3. The molecule has 4 N–H and O–H groups in total. The summed E-state index contributed by atoms with van der Waals surface area (Å²) in [7, 11) is 1.58. The maximum atomic E-state index is 11.7. The van der Waals surface area contributed by atoms with Gasteiger partial charge in [-0.1, -0.05) is 12.1 Å². The molecule has 0 saturated heterocycles. The molecule has 1 aromatic rings. The fourth-order valence-electron chi connectivity index (χ4n) is 1.62. The third kappa shape index (κ3) is 4.76. The zero-order valence-corrected chi connectivity index (χ0v) is 12.1. The minimum atomic E-state index is -0.643. The van der Waals surface area contributed by atoms with E-state index in [4.69, 9.17) is 5.73 Å². The highest BCUT2D eigenvalue weighted by atomic mass is 16.2. The Hall–Kier alpha value is -2.30. The van der Waals surface area contributed by atoms with Crippen LogP contribution in [0.2, 0.25) is 0 Å². The number of benzene rings is 1. The summed E-state index contributed by atoms with van der Waals surface area (Å²) in [5.41, 5.74) is 6.51. The van der Waals surface area contributed by atoms with E-state index in [0.717, 1.165) is 5.56 Å². The van der Waals surface area contributed by atoms with Crippen LogP contribution in [0, 0.1) is 5.41 Å². The van der Waals surface area contributed by atoms with Crippen LogP contribution in [0.5, 0.6) is 0 Å². The van der Waals surface area contributed by atoms with Crippen molar-refractivity contribution in [3.63, 3.8) is 0 Å². The van der Waals surface area contributed by atoms with Gasteiger partial charge in [0, 0.05) is 25.4 Å². The van der Waals surface area contributed by atoms with E-state index in [1.54, 1.807) is 39.1 Å². The zero-order valence-electron chi connectivity index (χ0n) is 12.1. The Labute approximate surface area is 119 Å². The Kier molecular flexibility index (Phi) is 5.32. The molecule has 0 radical (unpaired) electrons. The molecular weight excluding hydrogens is 254 g/mol. The lowest BCUT2D eigenvalue weighted by Crippen LogP contribution is -2.43. The molecule has 20 heavy (non-hydrogen) atoms. The average molecular weight is 275 g/mol. The van der Waals surface area contributed by atoms with E-state index in [0.29, 0.717) is 5.69 Å². The zero-order chi connectivity index (χ0) is 15.2. The van der Waals surface area contributed by atoms with Crippen LogP contribution in [0.3, 0.4) is 0 Å². The second kappa shape index (κ2) is 6.75. The first-order valence-electron chi connectivity index (χ1n) is 6.39. The van der Waals surface area contributed by atoms with E-state index in [1.807, 2.05) is 12.1 Å². The van der Waals surface area contributed by atoms with E-state index in [1.165, 1.54) is 6.08 Å². The average Bonchev–Trinajstić information content (AvgIpc) is 2.42. The van der Waals surface area contributed by atoms with Crippen LogP contribution in [0.25, 0.3) is 6.08 Å². The number of carbonyl (C=O) groups is 2. The largest absolute Gasteiger partial charge is 0.399 e. The molecule has 1 rings (SSSR count). The molecule has 0 bridgehead atoms. The van der Waals surface area contributed by atoms with Crippen LogP contribution in [0.1, 0.15) is 19.4 Å². The molecule has 108 valence electrons. The molecule has 1 aromatic carbocycles. The van der Waals surface area contributed by atoms with Gasteiger partial charge >= 0.3 is 0 Å². The Morgan fingerprint density at radius 1 is 1.35 bits per heavy atom. The molecule has 0 aliphatic rings. The van der Waals surface area contributed by atoms with Crippen molar-refractivity contribution >= 4 is 23.6 Å². The second-order valence-corrected chi connectivity index (χ2v) is 5.18. The van der Waals surface area contributed by atoms with Gasteiger partial charge in [-0.15, -0.1) is 0 Å². The quantitative estimate of drug-likeness (QED) is 0.557. The third-order valence-electron chi connectivity index (χ3n) is 2.88. The van der Waals surface area contributed by atoms with Gasteiger partial charge in [0.1, 0.15) is 0 Å². The Morgan fingerprint density at radius 3 is 2.65 bits per heavy atom. The van der Waals surface area contributed by atoms with E-state index >= 15 is 0 Å². The summed E-state index contributed by atoms with van der Waals surface area (Å²) in [5, 5.41) is 5.28. The van der Waals surface area contributed by atoms with Crippen molar-refractivity contribution in [2.24, 2.45) is 5.41 Å². The van der Waals surface area contributed by atoms with E-state index in [9.17, 15) is 9.59 Å². The standard InChI is InChI=1S/C15H21N3O2/c1-15(2,14(20)17-3)10-18-13(19)8-7-11-5-4-6-12(16)9-11/h4-9H,10,16H2,1-3H3,(H,17,20)(H,18,19)/b8-7+. The lowest BCUT2D eigenvalue weighted by atomic mass is 9.92. The summed E-state index contributed by atoms with van der Waals surface area (Å²) in [6.45, 7) is 3.81. The maximum Gasteiger partial charge on any atom is 0.244 e. The summed E-state index contributed by atoms with van der Waals surface area (Å²) in [5.74, 6) is -0.359. The van der Waals surface area contributed by atoms with Crippen molar-refractivity contribution in [2.75, 3.05) is 19.3 Å². The topological polar surface area (TPSA) is 84.2 Å². The molecule has 0 aliphatic heterocycles. The lowest BCUT2D eigenvalue weighted by Gasteiger charge is -2.22. The van der Waals surface area contributed by atoms with Crippen LogP contribution >= 0.6 is 0 Å². The molecule has 0 saturated carbocycles. The van der Waals surface area contributed by atoms with E-state index < -0.39 is 5.41 Å². The van der Waals surface area contributed by atoms with Crippen LogP contribution in [0.15, 0.2) is 30.3 Å².